The van der Waals surface area contributed by atoms with Crippen molar-refractivity contribution in [2.24, 2.45) is 5.73 Å². The minimum Gasteiger partial charge on any atom is -0.486 e. The van der Waals surface area contributed by atoms with Crippen molar-refractivity contribution in [3.05, 3.63) is 95.9 Å². The summed E-state index contributed by atoms with van der Waals surface area (Å²) < 4.78 is 11.3. The third-order valence-electron chi connectivity index (χ3n) is 4.43. The first-order valence-corrected chi connectivity index (χ1v) is 9.00. The molecule has 4 aromatic rings. The van der Waals surface area contributed by atoms with Crippen LogP contribution in [-0.2, 0) is 6.61 Å². The third kappa shape index (κ3) is 4.11. The van der Waals surface area contributed by atoms with Gasteiger partial charge in [0, 0.05) is 0 Å². The molecule has 0 aliphatic carbocycles. The number of primary amides is 1. The van der Waals surface area contributed by atoms with Gasteiger partial charge in [-0.25, -0.2) is 0 Å². The predicted octanol–water partition coefficient (Wildman–Crippen LogP) is 4.36. The molecule has 0 aliphatic rings. The van der Waals surface area contributed by atoms with Crippen molar-refractivity contribution in [2.45, 2.75) is 6.61 Å². The molecule has 1 heterocycles. The van der Waals surface area contributed by atoms with Gasteiger partial charge in [0.1, 0.15) is 18.1 Å². The monoisotopic (exact) mass is 386 g/mol. The fourth-order valence-corrected chi connectivity index (χ4v) is 2.98. The average molecular weight is 386 g/mol. The highest BCUT2D eigenvalue weighted by atomic mass is 16.5. The summed E-state index contributed by atoms with van der Waals surface area (Å²) in [5.74, 6) is 0.231. The molecule has 144 valence electrons. The number of benzene rings is 3. The van der Waals surface area contributed by atoms with E-state index in [2.05, 4.69) is 5.32 Å². The summed E-state index contributed by atoms with van der Waals surface area (Å²) in [6.07, 6.45) is 0. The largest absolute Gasteiger partial charge is 0.486 e. The number of para-hydroxylation sites is 1. The molecule has 0 bridgehead atoms. The van der Waals surface area contributed by atoms with Crippen LogP contribution < -0.4 is 15.8 Å². The Balaban J connectivity index is 1.42. The van der Waals surface area contributed by atoms with Crippen LogP contribution in [0.3, 0.4) is 0 Å². The van der Waals surface area contributed by atoms with E-state index in [9.17, 15) is 9.59 Å². The van der Waals surface area contributed by atoms with Gasteiger partial charge >= 0.3 is 0 Å². The normalized spacial score (nSPS) is 10.6. The Morgan fingerprint density at radius 1 is 0.897 bits per heavy atom. The molecule has 3 aromatic carbocycles. The van der Waals surface area contributed by atoms with Gasteiger partial charge in [-0.2, -0.15) is 0 Å². The molecule has 4 rings (SSSR count). The highest BCUT2D eigenvalue weighted by molar-refractivity contribution is 6.07. The average Bonchev–Trinajstić information content (AvgIpc) is 3.21. The van der Waals surface area contributed by atoms with Crippen molar-refractivity contribution in [3.63, 3.8) is 0 Å². The van der Waals surface area contributed by atoms with Crippen molar-refractivity contribution >= 4 is 28.3 Å². The fraction of sp³-hybridized carbons (Fsp3) is 0.0435. The lowest BCUT2D eigenvalue weighted by molar-refractivity contribution is 0.0992. The van der Waals surface area contributed by atoms with Gasteiger partial charge < -0.3 is 20.2 Å². The number of hydrogen-bond donors (Lipinski definition) is 2. The van der Waals surface area contributed by atoms with Gasteiger partial charge in [0.25, 0.3) is 11.8 Å². The maximum absolute atomic E-state index is 12.4. The van der Waals surface area contributed by atoms with Crippen molar-refractivity contribution in [1.29, 1.82) is 0 Å². The quantitative estimate of drug-likeness (QED) is 0.515. The summed E-state index contributed by atoms with van der Waals surface area (Å²) in [5, 5.41) is 4.85. The van der Waals surface area contributed by atoms with Crippen LogP contribution >= 0.6 is 0 Å². The van der Waals surface area contributed by atoms with Crippen LogP contribution in [0.4, 0.5) is 5.69 Å². The third-order valence-corrected chi connectivity index (χ3v) is 4.43. The first kappa shape index (κ1) is 18.3. The van der Waals surface area contributed by atoms with Crippen LogP contribution in [0, 0.1) is 0 Å². The number of nitrogens with two attached hydrogens (primary N) is 1. The first-order chi connectivity index (χ1) is 14.1. The van der Waals surface area contributed by atoms with Gasteiger partial charge in [0.05, 0.1) is 11.3 Å². The molecule has 6 heteroatoms. The minimum absolute atomic E-state index is 0.112. The molecule has 0 spiro atoms. The molecule has 0 fully saturated rings. The van der Waals surface area contributed by atoms with Crippen molar-refractivity contribution < 1.29 is 18.7 Å². The Kier molecular flexibility index (Phi) is 4.99. The van der Waals surface area contributed by atoms with E-state index in [-0.39, 0.29) is 17.9 Å². The fourth-order valence-electron chi connectivity index (χ4n) is 2.98. The van der Waals surface area contributed by atoms with Gasteiger partial charge in [0.15, 0.2) is 5.76 Å². The van der Waals surface area contributed by atoms with E-state index in [1.807, 2.05) is 42.5 Å². The molecule has 1 aromatic heterocycles. The van der Waals surface area contributed by atoms with Gasteiger partial charge in [0.2, 0.25) is 0 Å². The number of anilines is 1. The molecular weight excluding hydrogens is 368 g/mol. The zero-order valence-corrected chi connectivity index (χ0v) is 15.4. The molecule has 0 saturated carbocycles. The number of fused-ring (bicyclic) bond motifs is 1. The highest BCUT2D eigenvalue weighted by Gasteiger charge is 2.15. The molecule has 29 heavy (non-hydrogen) atoms. The van der Waals surface area contributed by atoms with E-state index in [1.165, 1.54) is 0 Å². The van der Waals surface area contributed by atoms with Crippen LogP contribution in [-0.4, -0.2) is 11.8 Å². The topological polar surface area (TPSA) is 94.6 Å². The lowest BCUT2D eigenvalue weighted by atomic mass is 10.1. The lowest BCUT2D eigenvalue weighted by Crippen LogP contribution is -2.17. The minimum atomic E-state index is -0.621. The van der Waals surface area contributed by atoms with Gasteiger partial charge in [-0.1, -0.05) is 42.5 Å². The maximum Gasteiger partial charge on any atom is 0.291 e. The molecule has 0 aliphatic heterocycles. The number of rotatable bonds is 6. The number of carbonyl (C=O) groups excluding carboxylic acids is 2. The molecule has 0 saturated heterocycles. The summed E-state index contributed by atoms with van der Waals surface area (Å²) in [5.41, 5.74) is 5.89. The zero-order chi connectivity index (χ0) is 20.2. The molecule has 2 amide bonds. The van der Waals surface area contributed by atoms with Gasteiger partial charge in [-0.05, 0) is 47.2 Å². The Hall–Kier alpha value is -4.06. The Bertz CT molecular complexity index is 1200. The Morgan fingerprint density at radius 2 is 1.66 bits per heavy atom. The van der Waals surface area contributed by atoms with Crippen LogP contribution in [0.15, 0.2) is 83.3 Å². The summed E-state index contributed by atoms with van der Waals surface area (Å²) in [7, 11) is 0. The van der Waals surface area contributed by atoms with Crippen LogP contribution in [0.5, 0.6) is 5.75 Å². The van der Waals surface area contributed by atoms with E-state index in [0.717, 1.165) is 10.8 Å². The highest BCUT2D eigenvalue weighted by Crippen LogP contribution is 2.22. The number of furan rings is 1. The summed E-state index contributed by atoms with van der Waals surface area (Å²) in [6.45, 7) is 0.184. The number of ether oxygens (including phenoxy) is 1. The summed E-state index contributed by atoms with van der Waals surface area (Å²) in [6, 6.07) is 23.6. The molecule has 6 nitrogen and oxygen atoms in total. The zero-order valence-electron chi connectivity index (χ0n) is 15.4. The maximum atomic E-state index is 12.4. The Labute approximate surface area is 166 Å². The van der Waals surface area contributed by atoms with E-state index in [4.69, 9.17) is 14.9 Å². The van der Waals surface area contributed by atoms with Gasteiger partial charge in [-0.15, -0.1) is 0 Å². The smallest absolute Gasteiger partial charge is 0.291 e. The number of hydrogen-bond acceptors (Lipinski definition) is 4. The number of carbonyl (C=O) groups is 2. The molecule has 0 atom stereocenters. The first-order valence-electron chi connectivity index (χ1n) is 9.00. The van der Waals surface area contributed by atoms with Crippen molar-refractivity contribution in [2.75, 3.05) is 5.32 Å². The van der Waals surface area contributed by atoms with Crippen molar-refractivity contribution in [1.82, 2.24) is 0 Å². The van der Waals surface area contributed by atoms with Crippen molar-refractivity contribution in [3.8, 4) is 5.75 Å². The SMILES string of the molecule is NC(=O)c1ccccc1NC(=O)c1ccc(COc2ccc3ccccc3c2)o1. The number of amides is 2. The molecule has 3 N–H and O–H groups in total. The summed E-state index contributed by atoms with van der Waals surface area (Å²) in [4.78, 5) is 23.9. The lowest BCUT2D eigenvalue weighted by Gasteiger charge is -2.07. The van der Waals surface area contributed by atoms with E-state index < -0.39 is 11.8 Å². The number of nitrogens with one attached hydrogen (secondary N) is 1. The molecule has 0 radical (unpaired) electrons. The summed E-state index contributed by atoms with van der Waals surface area (Å²) >= 11 is 0. The van der Waals surface area contributed by atoms with E-state index >= 15 is 0 Å². The van der Waals surface area contributed by atoms with Crippen LogP contribution in [0.1, 0.15) is 26.7 Å². The second-order valence-electron chi connectivity index (χ2n) is 6.43. The predicted molar refractivity (Wildman–Crippen MR) is 110 cm³/mol. The second kappa shape index (κ2) is 7.90. The standard InChI is InChI=1S/C23H18N2O4/c24-22(26)19-7-3-4-8-20(19)25-23(27)21-12-11-18(29-21)14-28-17-10-9-15-5-1-2-6-16(15)13-17/h1-13H,14H2,(H2,24,26)(H,25,27). The van der Waals surface area contributed by atoms with Crippen LogP contribution in [0.2, 0.25) is 0 Å². The molecular formula is C23H18N2O4. The van der Waals surface area contributed by atoms with E-state index in [0.29, 0.717) is 17.2 Å². The Morgan fingerprint density at radius 3 is 2.48 bits per heavy atom. The van der Waals surface area contributed by atoms with E-state index in [1.54, 1.807) is 36.4 Å². The van der Waals surface area contributed by atoms with Crippen LogP contribution in [0.25, 0.3) is 10.8 Å². The second-order valence-corrected chi connectivity index (χ2v) is 6.43. The van der Waals surface area contributed by atoms with Gasteiger partial charge in [-0.3, -0.25) is 9.59 Å². The molecule has 0 unspecified atom stereocenters.